The maximum Gasteiger partial charge on any atom is 0.333 e. The second-order valence-corrected chi connectivity index (χ2v) is 4.47. The van der Waals surface area contributed by atoms with Crippen LogP contribution in [0, 0.1) is 6.92 Å². The highest BCUT2D eigenvalue weighted by Gasteiger charge is 2.18. The van der Waals surface area contributed by atoms with Crippen molar-refractivity contribution >= 4 is 5.97 Å². The van der Waals surface area contributed by atoms with Crippen LogP contribution in [-0.2, 0) is 9.53 Å². The van der Waals surface area contributed by atoms with Gasteiger partial charge in [-0.1, -0.05) is 6.58 Å². The molecule has 0 aromatic rings. The van der Waals surface area contributed by atoms with Gasteiger partial charge in [-0.3, -0.25) is 0 Å². The first kappa shape index (κ1) is 13.2. The summed E-state index contributed by atoms with van der Waals surface area (Å²) in [4.78, 5) is 11.0. The van der Waals surface area contributed by atoms with Gasteiger partial charge >= 0.3 is 5.97 Å². The number of quaternary nitrogens is 1. The van der Waals surface area contributed by atoms with Crippen LogP contribution in [-0.4, -0.2) is 44.2 Å². The third kappa shape index (κ3) is 5.02. The lowest BCUT2D eigenvalue weighted by atomic mass is 10.2. The van der Waals surface area contributed by atoms with E-state index in [1.54, 1.807) is 6.92 Å². The van der Waals surface area contributed by atoms with E-state index in [0.29, 0.717) is 12.2 Å². The van der Waals surface area contributed by atoms with Crippen molar-refractivity contribution in [1.29, 1.82) is 0 Å². The van der Waals surface area contributed by atoms with Crippen molar-refractivity contribution in [2.45, 2.75) is 19.4 Å². The lowest BCUT2D eigenvalue weighted by Crippen LogP contribution is -2.44. The molecule has 0 aliphatic heterocycles. The molecule has 0 spiro atoms. The van der Waals surface area contributed by atoms with Crippen molar-refractivity contribution in [2.24, 2.45) is 0 Å². The van der Waals surface area contributed by atoms with Crippen molar-refractivity contribution in [1.82, 2.24) is 0 Å². The Morgan fingerprint density at radius 1 is 1.43 bits per heavy atom. The zero-order chi connectivity index (χ0) is 11.4. The van der Waals surface area contributed by atoms with Gasteiger partial charge in [0.25, 0.3) is 0 Å². The van der Waals surface area contributed by atoms with Crippen LogP contribution in [0.2, 0.25) is 0 Å². The molecule has 0 bridgehead atoms. The van der Waals surface area contributed by atoms with E-state index in [-0.39, 0.29) is 12.0 Å². The highest BCUT2D eigenvalue weighted by Crippen LogP contribution is 2.06. The van der Waals surface area contributed by atoms with Crippen LogP contribution < -0.4 is 0 Å². The van der Waals surface area contributed by atoms with Gasteiger partial charge in [0.1, 0.15) is 0 Å². The van der Waals surface area contributed by atoms with E-state index in [4.69, 9.17) is 4.74 Å². The Balaban J connectivity index is 3.76. The Labute approximate surface area is 86.9 Å². The first-order valence-electron chi connectivity index (χ1n) is 4.72. The molecule has 0 saturated heterocycles. The van der Waals surface area contributed by atoms with Gasteiger partial charge in [0, 0.05) is 18.9 Å². The molecule has 0 heterocycles. The largest absolute Gasteiger partial charge is 0.462 e. The minimum Gasteiger partial charge on any atom is -0.462 e. The van der Waals surface area contributed by atoms with E-state index in [0.717, 1.165) is 10.9 Å². The number of carbonyl (C=O) groups excluding carboxylic acids is 1. The number of nitrogens with zero attached hydrogens (tertiary/aromatic N) is 1. The molecular weight excluding hydrogens is 178 g/mol. The van der Waals surface area contributed by atoms with Crippen molar-refractivity contribution in [3.63, 3.8) is 0 Å². The quantitative estimate of drug-likeness (QED) is 0.380. The average molecular weight is 199 g/mol. The van der Waals surface area contributed by atoms with Gasteiger partial charge in [-0.2, -0.15) is 0 Å². The maximum absolute atomic E-state index is 11.0. The van der Waals surface area contributed by atoms with Crippen LogP contribution in [0.3, 0.4) is 0 Å². The van der Waals surface area contributed by atoms with Gasteiger partial charge in [0.2, 0.25) is 0 Å². The van der Waals surface area contributed by atoms with Crippen molar-refractivity contribution in [3.05, 3.63) is 19.1 Å². The molecular formula is C11H21NO2+. The Hall–Kier alpha value is -0.830. The van der Waals surface area contributed by atoms with Crippen molar-refractivity contribution in [3.8, 4) is 0 Å². The van der Waals surface area contributed by atoms with E-state index in [2.05, 4.69) is 34.6 Å². The SMILES string of the molecule is [CH2]C(CCOC(=O)C(=C)C)[N+](C)(C)C. The number of rotatable bonds is 5. The normalized spacial score (nSPS) is 13.5. The third-order valence-corrected chi connectivity index (χ3v) is 2.13. The Morgan fingerprint density at radius 3 is 2.29 bits per heavy atom. The van der Waals surface area contributed by atoms with Gasteiger partial charge < -0.3 is 9.22 Å². The summed E-state index contributed by atoms with van der Waals surface area (Å²) in [5, 5.41) is 0. The fourth-order valence-electron chi connectivity index (χ4n) is 0.798. The van der Waals surface area contributed by atoms with Crippen LogP contribution in [0.4, 0.5) is 0 Å². The van der Waals surface area contributed by atoms with Gasteiger partial charge in [0.05, 0.1) is 33.8 Å². The first-order valence-corrected chi connectivity index (χ1v) is 4.72. The van der Waals surface area contributed by atoms with E-state index in [1.807, 2.05) is 0 Å². The molecule has 0 fully saturated rings. The van der Waals surface area contributed by atoms with Gasteiger partial charge in [0.15, 0.2) is 0 Å². The van der Waals surface area contributed by atoms with Crippen LogP contribution in [0.15, 0.2) is 12.2 Å². The van der Waals surface area contributed by atoms with Gasteiger partial charge in [-0.05, 0) is 6.92 Å². The molecule has 1 atom stereocenters. The highest BCUT2D eigenvalue weighted by atomic mass is 16.5. The number of hydrogen-bond donors (Lipinski definition) is 0. The molecule has 3 heteroatoms. The second-order valence-electron chi connectivity index (χ2n) is 4.47. The smallest absolute Gasteiger partial charge is 0.333 e. The molecule has 3 nitrogen and oxygen atoms in total. The lowest BCUT2D eigenvalue weighted by Gasteiger charge is -2.31. The van der Waals surface area contributed by atoms with E-state index < -0.39 is 0 Å². The fourth-order valence-corrected chi connectivity index (χ4v) is 0.798. The van der Waals surface area contributed by atoms with E-state index in [9.17, 15) is 4.79 Å². The summed E-state index contributed by atoms with van der Waals surface area (Å²) in [5.74, 6) is -0.321. The predicted molar refractivity (Wildman–Crippen MR) is 57.6 cm³/mol. The van der Waals surface area contributed by atoms with Crippen molar-refractivity contribution < 1.29 is 14.0 Å². The molecule has 0 aliphatic carbocycles. The molecule has 0 aromatic carbocycles. The number of hydrogen-bond acceptors (Lipinski definition) is 2. The molecule has 81 valence electrons. The Bertz CT molecular complexity index is 216. The summed E-state index contributed by atoms with van der Waals surface area (Å²) >= 11 is 0. The summed E-state index contributed by atoms with van der Waals surface area (Å²) in [6, 6.07) is 0.230. The standard InChI is InChI=1S/C11H21NO2/c1-9(2)11(13)14-8-7-10(3)12(4,5)6/h10H,1,3,7-8H2,2,4-6H3/q+1. The van der Waals surface area contributed by atoms with Gasteiger partial charge in [-0.15, -0.1) is 0 Å². The maximum atomic E-state index is 11.0. The van der Waals surface area contributed by atoms with Crippen molar-refractivity contribution in [2.75, 3.05) is 27.7 Å². The summed E-state index contributed by atoms with van der Waals surface area (Å²) in [6.07, 6.45) is 0.766. The van der Waals surface area contributed by atoms with E-state index in [1.165, 1.54) is 0 Å². The molecule has 0 aromatic heterocycles. The second kappa shape index (κ2) is 5.15. The number of esters is 1. The molecule has 0 amide bonds. The lowest BCUT2D eigenvalue weighted by molar-refractivity contribution is -0.890. The van der Waals surface area contributed by atoms with Gasteiger partial charge in [-0.25, -0.2) is 4.79 Å². The first-order chi connectivity index (χ1) is 6.25. The highest BCUT2D eigenvalue weighted by molar-refractivity contribution is 5.86. The summed E-state index contributed by atoms with van der Waals surface area (Å²) in [7, 11) is 6.20. The third-order valence-electron chi connectivity index (χ3n) is 2.13. The van der Waals surface area contributed by atoms with Crippen LogP contribution in [0.25, 0.3) is 0 Å². The summed E-state index contributed by atoms with van der Waals surface area (Å²) in [6.45, 7) is 9.57. The minimum atomic E-state index is -0.321. The van der Waals surface area contributed by atoms with Crippen LogP contribution >= 0.6 is 0 Å². The molecule has 14 heavy (non-hydrogen) atoms. The Morgan fingerprint density at radius 2 is 1.93 bits per heavy atom. The average Bonchev–Trinajstić information content (AvgIpc) is 2.01. The van der Waals surface area contributed by atoms with Crippen LogP contribution in [0.5, 0.6) is 0 Å². The Kier molecular flexibility index (Phi) is 4.85. The van der Waals surface area contributed by atoms with Crippen LogP contribution in [0.1, 0.15) is 13.3 Å². The molecule has 0 saturated carbocycles. The fraction of sp³-hybridized carbons (Fsp3) is 0.636. The predicted octanol–water partition coefficient (Wildman–Crippen LogP) is 1.40. The molecule has 0 N–H and O–H groups in total. The molecule has 1 unspecified atom stereocenters. The minimum absolute atomic E-state index is 0.230. The number of carbonyl (C=O) groups is 1. The molecule has 0 rings (SSSR count). The zero-order valence-electron chi connectivity index (χ0n) is 9.67. The van der Waals surface area contributed by atoms with E-state index >= 15 is 0 Å². The summed E-state index contributed by atoms with van der Waals surface area (Å²) < 4.78 is 5.75. The zero-order valence-corrected chi connectivity index (χ0v) is 9.67. The molecule has 0 aliphatic rings. The molecule has 1 radical (unpaired) electrons. The number of ether oxygens (including phenoxy) is 1. The monoisotopic (exact) mass is 199 g/mol. The topological polar surface area (TPSA) is 26.3 Å². The summed E-state index contributed by atoms with van der Waals surface area (Å²) in [5.41, 5.74) is 0.441.